The summed E-state index contributed by atoms with van der Waals surface area (Å²) >= 11 is 0. The van der Waals surface area contributed by atoms with Crippen molar-refractivity contribution in [2.75, 3.05) is 16.3 Å². The average Bonchev–Trinajstić information content (AvgIpc) is 3.11. The fraction of sp³-hybridized carbons (Fsp3) is 0.259. The molecule has 1 atom stereocenters. The Hall–Kier alpha value is -3.12. The molecule has 2 aliphatic heterocycles. The SMILES string of the molecule is Br.CC(=O)N1CC(Cc2ccc(C)cc2)N2C(=N1)N(Cc1ccc(C)cc1)c1ccccc12. The van der Waals surface area contributed by atoms with Crippen LogP contribution in [0.15, 0.2) is 77.9 Å². The maximum atomic E-state index is 12.4. The fourth-order valence-electron chi connectivity index (χ4n) is 4.52. The molecule has 0 radical (unpaired) electrons. The van der Waals surface area contributed by atoms with Gasteiger partial charge in [0.05, 0.1) is 30.5 Å². The van der Waals surface area contributed by atoms with E-state index in [1.54, 1.807) is 11.9 Å². The number of carbonyl (C=O) groups is 1. The van der Waals surface area contributed by atoms with Crippen LogP contribution in [0.2, 0.25) is 0 Å². The van der Waals surface area contributed by atoms with Gasteiger partial charge in [0.15, 0.2) is 0 Å². The number of para-hydroxylation sites is 2. The number of halogens is 1. The molecule has 0 saturated heterocycles. The first-order valence-electron chi connectivity index (χ1n) is 11.1. The largest absolute Gasteiger partial charge is 0.304 e. The first-order valence-corrected chi connectivity index (χ1v) is 11.1. The van der Waals surface area contributed by atoms with Gasteiger partial charge in [-0.1, -0.05) is 71.8 Å². The van der Waals surface area contributed by atoms with Gasteiger partial charge in [0.2, 0.25) is 11.9 Å². The third-order valence-electron chi connectivity index (χ3n) is 6.26. The Morgan fingerprint density at radius 1 is 0.879 bits per heavy atom. The van der Waals surface area contributed by atoms with Crippen LogP contribution in [0.4, 0.5) is 11.4 Å². The highest BCUT2D eigenvalue weighted by Crippen LogP contribution is 2.41. The fourth-order valence-corrected chi connectivity index (χ4v) is 4.52. The molecule has 6 heteroatoms. The first-order chi connectivity index (χ1) is 15.5. The number of rotatable bonds is 4. The van der Waals surface area contributed by atoms with Crippen molar-refractivity contribution in [3.8, 4) is 0 Å². The van der Waals surface area contributed by atoms with Crippen LogP contribution in [0.1, 0.15) is 29.2 Å². The van der Waals surface area contributed by atoms with E-state index in [2.05, 4.69) is 96.4 Å². The molecule has 170 valence electrons. The second kappa shape index (κ2) is 9.40. The van der Waals surface area contributed by atoms with Crippen molar-refractivity contribution in [2.45, 2.75) is 39.8 Å². The van der Waals surface area contributed by atoms with Gasteiger partial charge in [0.1, 0.15) is 0 Å². The molecule has 5 rings (SSSR count). The van der Waals surface area contributed by atoms with Crippen molar-refractivity contribution in [1.29, 1.82) is 0 Å². The number of fused-ring (bicyclic) bond motifs is 3. The van der Waals surface area contributed by atoms with Crippen LogP contribution >= 0.6 is 17.0 Å². The Kier molecular flexibility index (Phi) is 6.56. The minimum atomic E-state index is -0.0303. The van der Waals surface area contributed by atoms with E-state index < -0.39 is 0 Å². The minimum Gasteiger partial charge on any atom is -0.304 e. The minimum absolute atomic E-state index is 0. The number of hydrogen-bond donors (Lipinski definition) is 0. The second-order valence-corrected chi connectivity index (χ2v) is 8.78. The summed E-state index contributed by atoms with van der Waals surface area (Å²) in [7, 11) is 0. The van der Waals surface area contributed by atoms with Crippen molar-refractivity contribution in [3.05, 3.63) is 95.1 Å². The molecular weight excluding hydrogens is 476 g/mol. The lowest BCUT2D eigenvalue weighted by Gasteiger charge is -2.38. The van der Waals surface area contributed by atoms with Gasteiger partial charge >= 0.3 is 0 Å². The summed E-state index contributed by atoms with van der Waals surface area (Å²) < 4.78 is 0. The molecule has 33 heavy (non-hydrogen) atoms. The van der Waals surface area contributed by atoms with Gasteiger partial charge in [-0.05, 0) is 43.5 Å². The zero-order chi connectivity index (χ0) is 22.2. The number of carbonyl (C=O) groups excluding carboxylic acids is 1. The van der Waals surface area contributed by atoms with Crippen LogP contribution in [0, 0.1) is 13.8 Å². The summed E-state index contributed by atoms with van der Waals surface area (Å²) in [5.74, 6) is 0.794. The number of amides is 1. The third-order valence-corrected chi connectivity index (χ3v) is 6.26. The normalized spacial score (nSPS) is 16.6. The highest BCUT2D eigenvalue weighted by molar-refractivity contribution is 8.93. The zero-order valence-corrected chi connectivity index (χ0v) is 20.9. The lowest BCUT2D eigenvalue weighted by atomic mass is 10.0. The third kappa shape index (κ3) is 4.53. The van der Waals surface area contributed by atoms with Gasteiger partial charge in [0.25, 0.3) is 0 Å². The maximum absolute atomic E-state index is 12.4. The molecule has 2 aliphatic rings. The average molecular weight is 505 g/mol. The second-order valence-electron chi connectivity index (χ2n) is 8.78. The number of anilines is 2. The number of nitrogens with zero attached hydrogens (tertiary/aromatic N) is 4. The smallest absolute Gasteiger partial charge is 0.239 e. The first kappa shape index (κ1) is 23.1. The van der Waals surface area contributed by atoms with Crippen LogP contribution < -0.4 is 9.80 Å². The monoisotopic (exact) mass is 504 g/mol. The van der Waals surface area contributed by atoms with E-state index in [9.17, 15) is 4.79 Å². The Morgan fingerprint density at radius 3 is 2.06 bits per heavy atom. The summed E-state index contributed by atoms with van der Waals surface area (Å²) in [6.07, 6.45) is 0.843. The summed E-state index contributed by atoms with van der Waals surface area (Å²) in [4.78, 5) is 16.9. The van der Waals surface area contributed by atoms with Crippen LogP contribution in [0.5, 0.6) is 0 Å². The number of hydrogen-bond acceptors (Lipinski definition) is 4. The number of guanidine groups is 1. The molecule has 5 nitrogen and oxygen atoms in total. The lowest BCUT2D eigenvalue weighted by Crippen LogP contribution is -2.55. The van der Waals surface area contributed by atoms with Crippen LogP contribution in [0.25, 0.3) is 0 Å². The van der Waals surface area contributed by atoms with E-state index in [1.807, 2.05) is 0 Å². The summed E-state index contributed by atoms with van der Waals surface area (Å²) in [5, 5.41) is 6.44. The molecule has 0 saturated carbocycles. The topological polar surface area (TPSA) is 39.2 Å². The Labute approximate surface area is 206 Å². The van der Waals surface area contributed by atoms with E-state index in [0.29, 0.717) is 13.1 Å². The Morgan fingerprint density at radius 2 is 1.45 bits per heavy atom. The highest BCUT2D eigenvalue weighted by Gasteiger charge is 2.41. The van der Waals surface area contributed by atoms with E-state index >= 15 is 0 Å². The van der Waals surface area contributed by atoms with Gasteiger partial charge in [-0.2, -0.15) is 0 Å². The molecule has 0 fully saturated rings. The molecule has 3 aromatic carbocycles. The van der Waals surface area contributed by atoms with Gasteiger partial charge in [-0.25, -0.2) is 5.01 Å². The highest BCUT2D eigenvalue weighted by atomic mass is 79.9. The number of hydrazone groups is 1. The molecule has 1 amide bonds. The zero-order valence-electron chi connectivity index (χ0n) is 19.2. The standard InChI is InChI=1S/C27H28N4O.BrH/c1-19-8-12-22(13-9-19)16-24-18-30(21(3)32)28-27-29(17-23-14-10-20(2)11-15-23)25-6-4-5-7-26(25)31(24)27;/h4-15,24H,16-18H2,1-3H3;1H. The quantitative estimate of drug-likeness (QED) is 0.473. The van der Waals surface area contributed by atoms with Crippen molar-refractivity contribution < 1.29 is 4.79 Å². The molecule has 0 aliphatic carbocycles. The van der Waals surface area contributed by atoms with E-state index in [-0.39, 0.29) is 28.9 Å². The predicted molar refractivity (Wildman–Crippen MR) is 140 cm³/mol. The number of benzene rings is 3. The molecule has 3 aromatic rings. The molecule has 0 bridgehead atoms. The molecule has 0 aromatic heterocycles. The number of aryl methyl sites for hydroxylation is 2. The summed E-state index contributed by atoms with van der Waals surface area (Å²) in [6.45, 7) is 7.07. The van der Waals surface area contributed by atoms with Crippen molar-refractivity contribution in [1.82, 2.24) is 5.01 Å². The molecule has 0 N–H and O–H groups in total. The Bertz CT molecular complexity index is 1170. The maximum Gasteiger partial charge on any atom is 0.239 e. The predicted octanol–water partition coefficient (Wildman–Crippen LogP) is 5.45. The van der Waals surface area contributed by atoms with Crippen molar-refractivity contribution >= 4 is 40.2 Å². The van der Waals surface area contributed by atoms with Gasteiger partial charge in [-0.3, -0.25) is 4.79 Å². The van der Waals surface area contributed by atoms with E-state index in [4.69, 9.17) is 5.10 Å². The van der Waals surface area contributed by atoms with E-state index in [0.717, 1.165) is 23.8 Å². The van der Waals surface area contributed by atoms with Crippen molar-refractivity contribution in [3.63, 3.8) is 0 Å². The molecular formula is C27H29BrN4O. The summed E-state index contributed by atoms with van der Waals surface area (Å²) in [6, 6.07) is 25.8. The van der Waals surface area contributed by atoms with Crippen LogP contribution in [-0.2, 0) is 17.8 Å². The summed E-state index contributed by atoms with van der Waals surface area (Å²) in [5.41, 5.74) is 7.25. The van der Waals surface area contributed by atoms with Gasteiger partial charge < -0.3 is 9.80 Å². The van der Waals surface area contributed by atoms with Crippen LogP contribution in [-0.4, -0.2) is 29.5 Å². The van der Waals surface area contributed by atoms with E-state index in [1.165, 1.54) is 22.3 Å². The molecule has 0 spiro atoms. The Balaban J connectivity index is 0.00000259. The van der Waals surface area contributed by atoms with Crippen molar-refractivity contribution in [2.24, 2.45) is 5.10 Å². The van der Waals surface area contributed by atoms with Gasteiger partial charge in [-0.15, -0.1) is 22.1 Å². The van der Waals surface area contributed by atoms with Gasteiger partial charge in [0, 0.05) is 6.92 Å². The molecule has 2 heterocycles. The molecule has 1 unspecified atom stereocenters. The lowest BCUT2D eigenvalue weighted by molar-refractivity contribution is -0.129. The van der Waals surface area contributed by atoms with Crippen LogP contribution in [0.3, 0.4) is 0 Å².